The van der Waals surface area contributed by atoms with Crippen molar-refractivity contribution in [3.63, 3.8) is 0 Å². The van der Waals surface area contributed by atoms with Crippen LogP contribution in [0.15, 0.2) is 24.3 Å². The number of rotatable bonds is 2. The Hall–Kier alpha value is -0.530. The number of hydrogen-bond donors (Lipinski definition) is 0. The number of halogens is 1. The monoisotopic (exact) mass is 155 g/mol. The highest BCUT2D eigenvalue weighted by atomic mass is 35.5. The maximum Gasteiger partial charge on any atom is 0.0718 e. The maximum atomic E-state index is 5.66. The molecule has 0 aliphatic carbocycles. The van der Waals surface area contributed by atoms with Crippen molar-refractivity contribution in [3.8, 4) is 0 Å². The van der Waals surface area contributed by atoms with Gasteiger partial charge in [-0.05, 0) is 17.7 Å². The van der Waals surface area contributed by atoms with E-state index < -0.39 is 0 Å². The first-order valence-electron chi connectivity index (χ1n) is 2.94. The van der Waals surface area contributed by atoms with Crippen molar-refractivity contribution >= 4 is 11.6 Å². The van der Waals surface area contributed by atoms with Crippen LogP contribution in [0.5, 0.6) is 0 Å². The molecule has 0 aliphatic rings. The molecule has 0 aliphatic heterocycles. The average Bonchev–Trinajstić information content (AvgIpc) is 1.95. The third-order valence-corrected chi connectivity index (χ3v) is 1.43. The largest absolute Gasteiger partial charge is 0.374 e. The van der Waals surface area contributed by atoms with E-state index in [1.807, 2.05) is 24.3 Å². The zero-order chi connectivity index (χ0) is 7.40. The van der Waals surface area contributed by atoms with E-state index in [2.05, 4.69) is 11.8 Å². The van der Waals surface area contributed by atoms with E-state index in [1.165, 1.54) is 0 Å². The van der Waals surface area contributed by atoms with Gasteiger partial charge in [0.1, 0.15) is 0 Å². The Balaban J connectivity index is 2.69. The molecule has 0 spiro atoms. The van der Waals surface area contributed by atoms with Gasteiger partial charge in [-0.1, -0.05) is 23.7 Å². The van der Waals surface area contributed by atoms with Crippen LogP contribution in [-0.2, 0) is 11.3 Å². The average molecular weight is 156 g/mol. The van der Waals surface area contributed by atoms with Crippen LogP contribution in [0, 0.1) is 7.11 Å². The van der Waals surface area contributed by atoms with Crippen molar-refractivity contribution in [2.45, 2.75) is 6.61 Å². The van der Waals surface area contributed by atoms with Crippen LogP contribution in [0.25, 0.3) is 0 Å². The van der Waals surface area contributed by atoms with Gasteiger partial charge < -0.3 is 4.74 Å². The molecule has 2 heteroatoms. The summed E-state index contributed by atoms with van der Waals surface area (Å²) in [6.45, 7) is 0.539. The van der Waals surface area contributed by atoms with Crippen LogP contribution in [-0.4, -0.2) is 0 Å². The lowest BCUT2D eigenvalue weighted by Crippen LogP contribution is -1.83. The lowest BCUT2D eigenvalue weighted by atomic mass is 10.2. The number of hydrogen-bond acceptors (Lipinski definition) is 1. The quantitative estimate of drug-likeness (QED) is 0.638. The van der Waals surface area contributed by atoms with Crippen molar-refractivity contribution in [1.29, 1.82) is 0 Å². The summed E-state index contributed by atoms with van der Waals surface area (Å²) in [5.41, 5.74) is 1.08. The van der Waals surface area contributed by atoms with Gasteiger partial charge >= 0.3 is 0 Å². The topological polar surface area (TPSA) is 9.23 Å². The molecule has 0 heterocycles. The molecule has 53 valence electrons. The molecule has 1 aromatic carbocycles. The van der Waals surface area contributed by atoms with Crippen LogP contribution < -0.4 is 0 Å². The van der Waals surface area contributed by atoms with E-state index in [1.54, 1.807) is 0 Å². The van der Waals surface area contributed by atoms with Crippen molar-refractivity contribution in [2.75, 3.05) is 0 Å². The number of benzene rings is 1. The Morgan fingerprint density at radius 3 is 2.40 bits per heavy atom. The van der Waals surface area contributed by atoms with E-state index in [-0.39, 0.29) is 0 Å². The molecule has 10 heavy (non-hydrogen) atoms. The van der Waals surface area contributed by atoms with E-state index in [9.17, 15) is 0 Å². The van der Waals surface area contributed by atoms with Crippen LogP contribution >= 0.6 is 11.6 Å². The van der Waals surface area contributed by atoms with Gasteiger partial charge in [0.25, 0.3) is 0 Å². The molecule has 0 saturated carbocycles. The molecule has 0 fully saturated rings. The Morgan fingerprint density at radius 2 is 1.90 bits per heavy atom. The fraction of sp³-hybridized carbons (Fsp3) is 0.125. The fourth-order valence-corrected chi connectivity index (χ4v) is 0.824. The van der Waals surface area contributed by atoms with Gasteiger partial charge in [0.2, 0.25) is 0 Å². The Kier molecular flexibility index (Phi) is 2.72. The van der Waals surface area contributed by atoms with Gasteiger partial charge in [-0.25, -0.2) is 0 Å². The summed E-state index contributed by atoms with van der Waals surface area (Å²) in [6.07, 6.45) is 0. The second-order valence-corrected chi connectivity index (χ2v) is 2.41. The third-order valence-electron chi connectivity index (χ3n) is 1.18. The minimum absolute atomic E-state index is 0.539. The lowest BCUT2D eigenvalue weighted by molar-refractivity contribution is 0.229. The van der Waals surface area contributed by atoms with Crippen LogP contribution in [0.1, 0.15) is 5.56 Å². The van der Waals surface area contributed by atoms with Gasteiger partial charge in [0, 0.05) is 5.02 Å². The van der Waals surface area contributed by atoms with Gasteiger partial charge in [-0.3, -0.25) is 0 Å². The summed E-state index contributed by atoms with van der Waals surface area (Å²) >= 11 is 5.66. The predicted molar refractivity (Wildman–Crippen MR) is 41.6 cm³/mol. The highest BCUT2D eigenvalue weighted by molar-refractivity contribution is 6.30. The molecular formula is C8H8ClO. The van der Waals surface area contributed by atoms with Gasteiger partial charge in [0.15, 0.2) is 0 Å². The first-order chi connectivity index (χ1) is 4.83. The molecule has 0 bridgehead atoms. The SMILES string of the molecule is [CH2]OCc1ccc(Cl)cc1. The Labute approximate surface area is 65.6 Å². The zero-order valence-corrected chi connectivity index (χ0v) is 6.27. The highest BCUT2D eigenvalue weighted by Gasteiger charge is 1.89. The molecule has 0 atom stereocenters. The number of ether oxygens (including phenoxy) is 1. The molecule has 1 aromatic rings. The minimum atomic E-state index is 0.539. The molecule has 0 amide bonds. The lowest BCUT2D eigenvalue weighted by Gasteiger charge is -1.97. The van der Waals surface area contributed by atoms with Crippen molar-refractivity contribution < 1.29 is 4.74 Å². The molecule has 1 rings (SSSR count). The smallest absolute Gasteiger partial charge is 0.0718 e. The second-order valence-electron chi connectivity index (χ2n) is 1.97. The first kappa shape index (κ1) is 7.58. The van der Waals surface area contributed by atoms with Gasteiger partial charge in [-0.2, -0.15) is 0 Å². The minimum Gasteiger partial charge on any atom is -0.374 e. The van der Waals surface area contributed by atoms with E-state index in [0.717, 1.165) is 10.6 Å². The first-order valence-corrected chi connectivity index (χ1v) is 3.32. The van der Waals surface area contributed by atoms with E-state index in [4.69, 9.17) is 11.6 Å². The van der Waals surface area contributed by atoms with Crippen molar-refractivity contribution in [2.24, 2.45) is 0 Å². The van der Waals surface area contributed by atoms with E-state index in [0.29, 0.717) is 6.61 Å². The van der Waals surface area contributed by atoms with Crippen LogP contribution in [0.3, 0.4) is 0 Å². The maximum absolute atomic E-state index is 5.66. The Bertz CT molecular complexity index is 193. The third kappa shape index (κ3) is 2.01. The van der Waals surface area contributed by atoms with Gasteiger partial charge in [-0.15, -0.1) is 0 Å². The molecule has 1 nitrogen and oxygen atoms in total. The summed E-state index contributed by atoms with van der Waals surface area (Å²) < 4.78 is 4.67. The summed E-state index contributed by atoms with van der Waals surface area (Å²) in [5.74, 6) is 0. The summed E-state index contributed by atoms with van der Waals surface area (Å²) in [6, 6.07) is 7.48. The summed E-state index contributed by atoms with van der Waals surface area (Å²) in [7, 11) is 3.27. The zero-order valence-electron chi connectivity index (χ0n) is 5.51. The molecular weight excluding hydrogens is 148 g/mol. The van der Waals surface area contributed by atoms with Crippen molar-refractivity contribution in [1.82, 2.24) is 0 Å². The second kappa shape index (κ2) is 3.59. The van der Waals surface area contributed by atoms with Crippen molar-refractivity contribution in [3.05, 3.63) is 42.0 Å². The molecule has 0 aromatic heterocycles. The predicted octanol–water partition coefficient (Wildman–Crippen LogP) is 2.65. The highest BCUT2D eigenvalue weighted by Crippen LogP contribution is 2.09. The molecule has 0 N–H and O–H groups in total. The van der Waals surface area contributed by atoms with Gasteiger partial charge in [0.05, 0.1) is 13.7 Å². The normalized spacial score (nSPS) is 9.80. The summed E-state index contributed by atoms with van der Waals surface area (Å²) in [4.78, 5) is 0. The molecule has 1 radical (unpaired) electrons. The Morgan fingerprint density at radius 1 is 1.30 bits per heavy atom. The summed E-state index contributed by atoms with van der Waals surface area (Å²) in [5, 5.41) is 0.743. The van der Waals surface area contributed by atoms with Crippen LogP contribution in [0.4, 0.5) is 0 Å². The molecule has 0 unspecified atom stereocenters. The molecule has 0 saturated heterocycles. The fourth-order valence-electron chi connectivity index (χ4n) is 0.698. The standard InChI is InChI=1S/C8H8ClO/c1-10-6-7-2-4-8(9)5-3-7/h2-5H,1,6H2. The van der Waals surface area contributed by atoms with E-state index >= 15 is 0 Å². The van der Waals surface area contributed by atoms with Crippen LogP contribution in [0.2, 0.25) is 5.02 Å².